The van der Waals surface area contributed by atoms with Gasteiger partial charge in [0.1, 0.15) is 11.8 Å². The zero-order chi connectivity index (χ0) is 23.6. The number of nitrogens with two attached hydrogens (primary N) is 1. The van der Waals surface area contributed by atoms with Crippen molar-refractivity contribution in [3.63, 3.8) is 0 Å². The fourth-order valence-corrected chi connectivity index (χ4v) is 5.27. The molecule has 0 atom stereocenters. The van der Waals surface area contributed by atoms with Gasteiger partial charge in [-0.25, -0.2) is 9.50 Å². The van der Waals surface area contributed by atoms with Crippen LogP contribution in [-0.2, 0) is 13.0 Å². The number of unbranched alkanes of at least 4 members (excludes halogenated alkanes) is 1. The van der Waals surface area contributed by atoms with Gasteiger partial charge in [0.15, 0.2) is 5.82 Å². The van der Waals surface area contributed by atoms with Gasteiger partial charge in [-0.05, 0) is 81.1 Å². The van der Waals surface area contributed by atoms with E-state index in [0.29, 0.717) is 5.82 Å². The lowest BCUT2D eigenvalue weighted by atomic mass is 10.0. The highest BCUT2D eigenvalue weighted by Gasteiger charge is 2.16. The SMILES string of the molecule is Nc1ncnn2c(CCCCN3CCCC3)cc(-c3ccc4nn(Cc5ccccc5)cc4c3)c12. The lowest BCUT2D eigenvalue weighted by molar-refractivity contribution is 0.330. The molecule has 0 amide bonds. The number of aryl methyl sites for hydroxylation is 1. The third-order valence-corrected chi connectivity index (χ3v) is 7.06. The van der Waals surface area contributed by atoms with E-state index in [1.807, 2.05) is 15.3 Å². The molecule has 0 bridgehead atoms. The minimum absolute atomic E-state index is 0.512. The summed E-state index contributed by atoms with van der Waals surface area (Å²) in [6.07, 6.45) is 9.67. The number of nitrogens with zero attached hydrogens (tertiary/aromatic N) is 6. The number of fused-ring (bicyclic) bond motifs is 2. The Morgan fingerprint density at radius 1 is 0.943 bits per heavy atom. The number of aromatic nitrogens is 5. The van der Waals surface area contributed by atoms with Crippen molar-refractivity contribution in [2.45, 2.75) is 38.6 Å². The van der Waals surface area contributed by atoms with Gasteiger partial charge in [0, 0.05) is 22.8 Å². The number of likely N-dealkylation sites (tertiary alicyclic amines) is 1. The summed E-state index contributed by atoms with van der Waals surface area (Å²) in [7, 11) is 0. The predicted octanol–water partition coefficient (Wildman–Crippen LogP) is 4.80. The molecule has 0 spiro atoms. The summed E-state index contributed by atoms with van der Waals surface area (Å²) in [5.74, 6) is 0.512. The fourth-order valence-electron chi connectivity index (χ4n) is 5.27. The molecule has 35 heavy (non-hydrogen) atoms. The smallest absolute Gasteiger partial charge is 0.151 e. The molecule has 0 radical (unpaired) electrons. The van der Waals surface area contributed by atoms with E-state index in [0.717, 1.165) is 46.9 Å². The first-order chi connectivity index (χ1) is 17.2. The molecule has 1 aliphatic heterocycles. The van der Waals surface area contributed by atoms with Crippen LogP contribution in [0.5, 0.6) is 0 Å². The van der Waals surface area contributed by atoms with Crippen LogP contribution in [0.15, 0.2) is 67.1 Å². The fraction of sp³-hybridized carbons (Fsp3) is 0.321. The third-order valence-electron chi connectivity index (χ3n) is 7.06. The van der Waals surface area contributed by atoms with Gasteiger partial charge in [-0.1, -0.05) is 36.4 Å². The van der Waals surface area contributed by atoms with Crippen molar-refractivity contribution < 1.29 is 0 Å². The monoisotopic (exact) mass is 465 g/mol. The van der Waals surface area contributed by atoms with Crippen LogP contribution in [0.2, 0.25) is 0 Å². The molecule has 2 N–H and O–H groups in total. The molecule has 3 aromatic heterocycles. The van der Waals surface area contributed by atoms with Crippen molar-refractivity contribution in [2.75, 3.05) is 25.4 Å². The first-order valence-corrected chi connectivity index (χ1v) is 12.6. The van der Waals surface area contributed by atoms with Crippen molar-refractivity contribution in [1.29, 1.82) is 0 Å². The van der Waals surface area contributed by atoms with Gasteiger partial charge in [0.25, 0.3) is 0 Å². The van der Waals surface area contributed by atoms with Crippen molar-refractivity contribution >= 4 is 22.2 Å². The summed E-state index contributed by atoms with van der Waals surface area (Å²) in [5, 5.41) is 10.4. The zero-order valence-corrected chi connectivity index (χ0v) is 20.0. The van der Waals surface area contributed by atoms with Crippen LogP contribution in [-0.4, -0.2) is 48.9 Å². The number of rotatable bonds is 8. The van der Waals surface area contributed by atoms with Gasteiger partial charge in [-0.3, -0.25) is 4.68 Å². The molecule has 0 aliphatic carbocycles. The Morgan fingerprint density at radius 2 is 1.80 bits per heavy atom. The van der Waals surface area contributed by atoms with Crippen LogP contribution >= 0.6 is 0 Å². The first-order valence-electron chi connectivity index (χ1n) is 12.6. The first kappa shape index (κ1) is 21.8. The largest absolute Gasteiger partial charge is 0.382 e. The van der Waals surface area contributed by atoms with E-state index in [1.54, 1.807) is 6.33 Å². The molecule has 0 unspecified atom stereocenters. The van der Waals surface area contributed by atoms with Gasteiger partial charge in [0.2, 0.25) is 0 Å². The second kappa shape index (κ2) is 9.50. The minimum atomic E-state index is 0.512. The summed E-state index contributed by atoms with van der Waals surface area (Å²) in [6.45, 7) is 4.46. The van der Waals surface area contributed by atoms with E-state index in [4.69, 9.17) is 10.8 Å². The van der Waals surface area contributed by atoms with Gasteiger partial charge in [-0.15, -0.1) is 0 Å². The molecule has 0 saturated carbocycles. The van der Waals surface area contributed by atoms with Crippen LogP contribution in [0.25, 0.3) is 27.5 Å². The third kappa shape index (κ3) is 4.51. The van der Waals surface area contributed by atoms with E-state index in [-0.39, 0.29) is 0 Å². The lowest BCUT2D eigenvalue weighted by Crippen LogP contribution is -2.20. The number of hydrogen-bond donors (Lipinski definition) is 1. The molecule has 1 aliphatic rings. The van der Waals surface area contributed by atoms with Crippen LogP contribution < -0.4 is 5.73 Å². The molecule has 4 heterocycles. The standard InChI is InChI=1S/C28H31N7/c29-28-27-25(17-24(35(27)31-20-30-28)10-4-5-13-33-14-6-7-15-33)22-11-12-26-23(16-22)19-34(32-26)18-21-8-2-1-3-9-21/h1-3,8-9,11-12,16-17,19-20H,4-7,10,13-15,18H2,(H2,29,30,31). The van der Waals surface area contributed by atoms with Crippen molar-refractivity contribution in [3.05, 3.63) is 78.4 Å². The van der Waals surface area contributed by atoms with E-state index in [2.05, 4.69) is 69.7 Å². The normalized spacial score (nSPS) is 14.4. The lowest BCUT2D eigenvalue weighted by Gasteiger charge is -2.13. The Morgan fingerprint density at radius 3 is 2.66 bits per heavy atom. The molecule has 7 nitrogen and oxygen atoms in total. The maximum absolute atomic E-state index is 6.35. The van der Waals surface area contributed by atoms with E-state index in [1.165, 1.54) is 50.2 Å². The molecular formula is C28H31N7. The van der Waals surface area contributed by atoms with Gasteiger partial charge >= 0.3 is 0 Å². The number of nitrogen functional groups attached to an aromatic ring is 1. The highest BCUT2D eigenvalue weighted by molar-refractivity contribution is 5.92. The zero-order valence-electron chi connectivity index (χ0n) is 20.0. The number of anilines is 1. The van der Waals surface area contributed by atoms with Crippen molar-refractivity contribution in [1.82, 2.24) is 29.3 Å². The van der Waals surface area contributed by atoms with E-state index < -0.39 is 0 Å². The molecule has 5 aromatic rings. The summed E-state index contributed by atoms with van der Waals surface area (Å²) in [5.41, 5.74) is 12.8. The Hall–Kier alpha value is -3.71. The van der Waals surface area contributed by atoms with E-state index in [9.17, 15) is 0 Å². The second-order valence-electron chi connectivity index (χ2n) is 9.55. The topological polar surface area (TPSA) is 77.3 Å². The quantitative estimate of drug-likeness (QED) is 0.333. The number of benzene rings is 2. The Kier molecular flexibility index (Phi) is 5.92. The average molecular weight is 466 g/mol. The average Bonchev–Trinajstić information content (AvgIpc) is 3.61. The van der Waals surface area contributed by atoms with Crippen molar-refractivity contribution in [2.24, 2.45) is 0 Å². The van der Waals surface area contributed by atoms with Crippen LogP contribution in [0, 0.1) is 0 Å². The number of hydrogen-bond acceptors (Lipinski definition) is 5. The van der Waals surface area contributed by atoms with Gasteiger partial charge < -0.3 is 10.6 Å². The Balaban J connectivity index is 1.27. The molecule has 7 heteroatoms. The predicted molar refractivity (Wildman–Crippen MR) is 140 cm³/mol. The summed E-state index contributed by atoms with van der Waals surface area (Å²) < 4.78 is 3.99. The maximum atomic E-state index is 6.35. The van der Waals surface area contributed by atoms with Crippen molar-refractivity contribution in [3.8, 4) is 11.1 Å². The van der Waals surface area contributed by atoms with Crippen LogP contribution in [0.3, 0.4) is 0 Å². The highest BCUT2D eigenvalue weighted by Crippen LogP contribution is 2.32. The van der Waals surface area contributed by atoms with Crippen LogP contribution in [0.4, 0.5) is 5.82 Å². The Labute approximate surface area is 205 Å². The minimum Gasteiger partial charge on any atom is -0.382 e. The summed E-state index contributed by atoms with van der Waals surface area (Å²) in [4.78, 5) is 6.87. The Bertz CT molecular complexity index is 1440. The molecule has 178 valence electrons. The molecule has 2 aromatic carbocycles. The summed E-state index contributed by atoms with van der Waals surface area (Å²) >= 11 is 0. The molecule has 1 saturated heterocycles. The van der Waals surface area contributed by atoms with Gasteiger partial charge in [0.05, 0.1) is 12.1 Å². The summed E-state index contributed by atoms with van der Waals surface area (Å²) in [6, 6.07) is 19.1. The molecule has 1 fully saturated rings. The van der Waals surface area contributed by atoms with Crippen LogP contribution in [0.1, 0.15) is 36.9 Å². The van der Waals surface area contributed by atoms with Gasteiger partial charge in [-0.2, -0.15) is 10.2 Å². The molecular weight excluding hydrogens is 434 g/mol. The maximum Gasteiger partial charge on any atom is 0.151 e. The highest BCUT2D eigenvalue weighted by atomic mass is 15.3. The second-order valence-corrected chi connectivity index (χ2v) is 9.55. The molecule has 6 rings (SSSR count). The van der Waals surface area contributed by atoms with E-state index >= 15 is 0 Å².